The molecule has 1 saturated heterocycles. The minimum Gasteiger partial charge on any atom is -0.385 e. The number of carbonyl (C=O) groups excluding carboxylic acids is 1. The van der Waals surface area contributed by atoms with Crippen LogP contribution in [-0.4, -0.2) is 41.9 Å². The molecule has 0 bridgehead atoms. The van der Waals surface area contributed by atoms with Gasteiger partial charge in [0.05, 0.1) is 6.10 Å². The van der Waals surface area contributed by atoms with Crippen LogP contribution in [-0.2, 0) is 9.53 Å². The Morgan fingerprint density at radius 2 is 2.21 bits per heavy atom. The lowest BCUT2D eigenvalue weighted by Gasteiger charge is -2.26. The van der Waals surface area contributed by atoms with E-state index >= 15 is 0 Å². The van der Waals surface area contributed by atoms with Gasteiger partial charge in [0.25, 0.3) is 0 Å². The van der Waals surface area contributed by atoms with Gasteiger partial charge in [0.2, 0.25) is 5.91 Å². The maximum atomic E-state index is 11.9. The molecule has 1 fully saturated rings. The molecule has 1 aliphatic rings. The Morgan fingerprint density at radius 1 is 1.53 bits per heavy atom. The Bertz CT molecular complexity index is 296. The van der Waals surface area contributed by atoms with Crippen LogP contribution in [0.15, 0.2) is 0 Å². The van der Waals surface area contributed by atoms with Crippen molar-refractivity contribution in [2.45, 2.75) is 64.2 Å². The van der Waals surface area contributed by atoms with Crippen molar-refractivity contribution in [2.24, 2.45) is 11.7 Å². The minimum atomic E-state index is -0.916. The monoisotopic (exact) mass is 272 g/mol. The molecule has 4 N–H and O–H groups in total. The number of nitrogens with two attached hydrogens (primary N) is 1. The summed E-state index contributed by atoms with van der Waals surface area (Å²) in [6.45, 7) is 6.55. The topological polar surface area (TPSA) is 84.6 Å². The van der Waals surface area contributed by atoms with Gasteiger partial charge in [0.1, 0.15) is 5.60 Å². The van der Waals surface area contributed by atoms with Crippen LogP contribution < -0.4 is 11.1 Å². The molecule has 112 valence electrons. The fourth-order valence-electron chi connectivity index (χ4n) is 2.29. The molecule has 0 spiro atoms. The first-order valence-electron chi connectivity index (χ1n) is 7.22. The summed E-state index contributed by atoms with van der Waals surface area (Å²) in [6.07, 6.45) is 3.08. The Hall–Kier alpha value is -0.650. The highest BCUT2D eigenvalue weighted by Gasteiger charge is 2.39. The molecule has 4 atom stereocenters. The molecule has 19 heavy (non-hydrogen) atoms. The molecule has 1 rings (SSSR count). The lowest BCUT2D eigenvalue weighted by atomic mass is 9.96. The van der Waals surface area contributed by atoms with Gasteiger partial charge < -0.3 is 20.9 Å². The summed E-state index contributed by atoms with van der Waals surface area (Å²) in [4.78, 5) is 11.9. The van der Waals surface area contributed by atoms with Crippen molar-refractivity contribution in [2.75, 3.05) is 13.2 Å². The van der Waals surface area contributed by atoms with Crippen molar-refractivity contribution in [3.8, 4) is 0 Å². The van der Waals surface area contributed by atoms with Crippen LogP contribution >= 0.6 is 0 Å². The normalized spacial score (nSPS) is 30.1. The van der Waals surface area contributed by atoms with Gasteiger partial charge in [-0.15, -0.1) is 0 Å². The van der Waals surface area contributed by atoms with E-state index in [1.165, 1.54) is 0 Å². The summed E-state index contributed by atoms with van der Waals surface area (Å²) in [5.41, 5.74) is 4.77. The highest BCUT2D eigenvalue weighted by atomic mass is 16.5. The summed E-state index contributed by atoms with van der Waals surface area (Å²) in [5, 5.41) is 13.1. The number of rotatable bonds is 7. The zero-order valence-corrected chi connectivity index (χ0v) is 12.3. The van der Waals surface area contributed by atoms with Crippen molar-refractivity contribution in [3.63, 3.8) is 0 Å². The number of carbonyl (C=O) groups is 1. The smallest absolute Gasteiger partial charge is 0.222 e. The fourth-order valence-corrected chi connectivity index (χ4v) is 2.29. The van der Waals surface area contributed by atoms with Crippen LogP contribution in [0.4, 0.5) is 0 Å². The molecule has 0 aromatic heterocycles. The number of hydrogen-bond donors (Lipinski definition) is 3. The largest absolute Gasteiger partial charge is 0.385 e. The van der Waals surface area contributed by atoms with Crippen molar-refractivity contribution in [1.29, 1.82) is 0 Å². The second-order valence-corrected chi connectivity index (χ2v) is 5.89. The lowest BCUT2D eigenvalue weighted by molar-refractivity contribution is -0.126. The molecule has 1 aliphatic heterocycles. The number of ether oxygens (including phenoxy) is 1. The Kier molecular flexibility index (Phi) is 6.23. The molecule has 4 unspecified atom stereocenters. The zero-order chi connectivity index (χ0) is 14.5. The fraction of sp³-hybridized carbons (Fsp3) is 0.929. The SMILES string of the molecule is CC(N)CCCC(C)C(=O)NCC1(O)CCOC1C. The van der Waals surface area contributed by atoms with E-state index in [4.69, 9.17) is 10.5 Å². The predicted octanol–water partition coefficient (Wildman–Crippen LogP) is 0.796. The summed E-state index contributed by atoms with van der Waals surface area (Å²) in [6, 6.07) is 0.187. The van der Waals surface area contributed by atoms with E-state index in [2.05, 4.69) is 5.32 Å². The first-order chi connectivity index (χ1) is 8.85. The number of nitrogens with one attached hydrogen (secondary N) is 1. The van der Waals surface area contributed by atoms with Gasteiger partial charge in [-0.05, 0) is 26.7 Å². The van der Waals surface area contributed by atoms with Crippen molar-refractivity contribution < 1.29 is 14.6 Å². The van der Waals surface area contributed by atoms with E-state index in [1.807, 2.05) is 20.8 Å². The highest BCUT2D eigenvalue weighted by Crippen LogP contribution is 2.24. The first-order valence-corrected chi connectivity index (χ1v) is 7.22. The van der Waals surface area contributed by atoms with Crippen LogP contribution in [0.2, 0.25) is 0 Å². The lowest BCUT2D eigenvalue weighted by Crippen LogP contribution is -2.48. The third-order valence-electron chi connectivity index (χ3n) is 3.97. The van der Waals surface area contributed by atoms with Crippen LogP contribution in [0.25, 0.3) is 0 Å². The molecule has 0 aliphatic carbocycles. The molecule has 0 aromatic carbocycles. The molecular formula is C14H28N2O3. The average Bonchev–Trinajstić information content (AvgIpc) is 2.66. The number of hydrogen-bond acceptors (Lipinski definition) is 4. The Morgan fingerprint density at radius 3 is 2.74 bits per heavy atom. The van der Waals surface area contributed by atoms with E-state index in [0.29, 0.717) is 13.0 Å². The van der Waals surface area contributed by atoms with E-state index < -0.39 is 5.60 Å². The molecule has 5 heteroatoms. The maximum Gasteiger partial charge on any atom is 0.222 e. The zero-order valence-electron chi connectivity index (χ0n) is 12.3. The minimum absolute atomic E-state index is 0.00259. The number of aliphatic hydroxyl groups is 1. The molecule has 0 saturated carbocycles. The molecule has 1 amide bonds. The van der Waals surface area contributed by atoms with Crippen molar-refractivity contribution >= 4 is 5.91 Å². The Labute approximate surface area is 115 Å². The van der Waals surface area contributed by atoms with Gasteiger partial charge in [-0.2, -0.15) is 0 Å². The molecule has 1 heterocycles. The Balaban J connectivity index is 2.26. The van der Waals surface area contributed by atoms with Crippen LogP contribution in [0.1, 0.15) is 46.5 Å². The first kappa shape index (κ1) is 16.4. The van der Waals surface area contributed by atoms with Crippen LogP contribution in [0.3, 0.4) is 0 Å². The quantitative estimate of drug-likeness (QED) is 0.640. The van der Waals surface area contributed by atoms with Crippen molar-refractivity contribution in [1.82, 2.24) is 5.32 Å². The molecule has 5 nitrogen and oxygen atoms in total. The second-order valence-electron chi connectivity index (χ2n) is 5.89. The second kappa shape index (κ2) is 7.22. The highest BCUT2D eigenvalue weighted by molar-refractivity contribution is 5.78. The van der Waals surface area contributed by atoms with Gasteiger partial charge >= 0.3 is 0 Å². The van der Waals surface area contributed by atoms with E-state index in [1.54, 1.807) is 0 Å². The standard InChI is InChI=1S/C14H28N2O3/c1-10(5-4-6-11(2)15)13(17)16-9-14(18)7-8-19-12(14)3/h10-12,18H,4-9,15H2,1-3H3,(H,16,17). The van der Waals surface area contributed by atoms with Gasteiger partial charge in [0, 0.05) is 31.5 Å². The molecule has 0 radical (unpaired) electrons. The molecule has 0 aromatic rings. The average molecular weight is 272 g/mol. The molecular weight excluding hydrogens is 244 g/mol. The van der Waals surface area contributed by atoms with Gasteiger partial charge in [-0.1, -0.05) is 13.3 Å². The maximum absolute atomic E-state index is 11.9. The summed E-state index contributed by atoms with van der Waals surface area (Å²) >= 11 is 0. The van der Waals surface area contributed by atoms with Crippen LogP contribution in [0.5, 0.6) is 0 Å². The van der Waals surface area contributed by atoms with E-state index in [-0.39, 0.29) is 30.5 Å². The summed E-state index contributed by atoms with van der Waals surface area (Å²) in [5.74, 6) is -0.0443. The number of amides is 1. The third kappa shape index (κ3) is 5.09. The summed E-state index contributed by atoms with van der Waals surface area (Å²) in [7, 11) is 0. The van der Waals surface area contributed by atoms with Crippen molar-refractivity contribution in [3.05, 3.63) is 0 Å². The van der Waals surface area contributed by atoms with Gasteiger partial charge in [0.15, 0.2) is 0 Å². The van der Waals surface area contributed by atoms with Gasteiger partial charge in [-0.25, -0.2) is 0 Å². The predicted molar refractivity (Wildman–Crippen MR) is 74.7 cm³/mol. The van der Waals surface area contributed by atoms with Gasteiger partial charge in [-0.3, -0.25) is 4.79 Å². The third-order valence-corrected chi connectivity index (χ3v) is 3.97. The van der Waals surface area contributed by atoms with E-state index in [0.717, 1.165) is 19.3 Å². The van der Waals surface area contributed by atoms with Crippen LogP contribution in [0, 0.1) is 5.92 Å². The van der Waals surface area contributed by atoms with E-state index in [9.17, 15) is 9.90 Å². The summed E-state index contributed by atoms with van der Waals surface area (Å²) < 4.78 is 5.34.